The number of hydrogen-bond donors (Lipinski definition) is 1. The van der Waals surface area contributed by atoms with E-state index in [1.165, 1.54) is 32.1 Å². The van der Waals surface area contributed by atoms with Crippen LogP contribution in [0, 0.1) is 11.8 Å². The van der Waals surface area contributed by atoms with Gasteiger partial charge < -0.3 is 4.90 Å². The molecule has 1 aliphatic heterocycles. The van der Waals surface area contributed by atoms with Crippen LogP contribution in [0.5, 0.6) is 0 Å². The lowest BCUT2D eigenvalue weighted by molar-refractivity contribution is -0.134. The van der Waals surface area contributed by atoms with E-state index in [1.54, 1.807) is 0 Å². The number of carbonyl (C=O) groups is 1. The van der Waals surface area contributed by atoms with Crippen molar-refractivity contribution in [2.24, 2.45) is 11.8 Å². The Morgan fingerprint density at radius 3 is 2.40 bits per heavy atom. The van der Waals surface area contributed by atoms with E-state index < -0.39 is 0 Å². The van der Waals surface area contributed by atoms with E-state index in [-0.39, 0.29) is 12.2 Å². The summed E-state index contributed by atoms with van der Waals surface area (Å²) in [4.78, 5) is 15.0. The monoisotopic (exact) mass is 280 g/mol. The molecule has 1 saturated carbocycles. The Morgan fingerprint density at radius 2 is 1.85 bits per heavy atom. The Hall–Kier alpha value is -0.570. The number of nitrogens with one attached hydrogen (secondary N) is 1. The Labute approximate surface area is 124 Å². The van der Waals surface area contributed by atoms with Crippen LogP contribution in [0.25, 0.3) is 0 Å². The molecule has 1 saturated heterocycles. The van der Waals surface area contributed by atoms with Gasteiger partial charge in [-0.1, -0.05) is 46.5 Å². The number of nitrogens with zero attached hydrogens (tertiary/aromatic N) is 1. The Kier molecular flexibility index (Phi) is 5.48. The van der Waals surface area contributed by atoms with Crippen LogP contribution in [-0.2, 0) is 4.79 Å². The minimum absolute atomic E-state index is 0.0349. The molecule has 1 aliphatic carbocycles. The summed E-state index contributed by atoms with van der Waals surface area (Å²) in [5.74, 6) is 1.50. The van der Waals surface area contributed by atoms with E-state index in [0.717, 1.165) is 18.8 Å². The number of carbonyl (C=O) groups excluding carboxylic acids is 1. The molecule has 0 aromatic heterocycles. The third-order valence-electron chi connectivity index (χ3n) is 5.54. The lowest BCUT2D eigenvalue weighted by atomic mass is 9.82. The summed E-state index contributed by atoms with van der Waals surface area (Å²) in [5.41, 5.74) is 0. The topological polar surface area (TPSA) is 32.3 Å². The van der Waals surface area contributed by atoms with Crippen molar-refractivity contribution < 1.29 is 4.79 Å². The average Bonchev–Trinajstić information content (AvgIpc) is 2.77. The highest BCUT2D eigenvalue weighted by Gasteiger charge is 2.43. The van der Waals surface area contributed by atoms with Crippen LogP contribution in [0.4, 0.5) is 0 Å². The van der Waals surface area contributed by atoms with Gasteiger partial charge in [0.25, 0.3) is 0 Å². The molecule has 2 fully saturated rings. The van der Waals surface area contributed by atoms with Crippen LogP contribution in [-0.4, -0.2) is 29.1 Å². The summed E-state index contributed by atoms with van der Waals surface area (Å²) in [6, 6.07) is 0.479. The van der Waals surface area contributed by atoms with Gasteiger partial charge in [-0.15, -0.1) is 0 Å². The SMILES string of the molecule is CCC(C)C1NC(C)N(C(CC)C2CCCCC2)C1=O. The van der Waals surface area contributed by atoms with Crippen molar-refractivity contribution in [2.75, 3.05) is 0 Å². The molecule has 0 spiro atoms. The van der Waals surface area contributed by atoms with Crippen molar-refractivity contribution in [1.29, 1.82) is 0 Å². The minimum atomic E-state index is 0.0349. The Balaban J connectivity index is 2.10. The van der Waals surface area contributed by atoms with Gasteiger partial charge in [-0.3, -0.25) is 10.1 Å². The van der Waals surface area contributed by atoms with E-state index in [1.807, 2.05) is 0 Å². The second-order valence-corrected chi connectivity index (χ2v) is 6.83. The largest absolute Gasteiger partial charge is 0.323 e. The van der Waals surface area contributed by atoms with Crippen LogP contribution >= 0.6 is 0 Å². The fraction of sp³-hybridized carbons (Fsp3) is 0.941. The number of rotatable bonds is 5. The van der Waals surface area contributed by atoms with Gasteiger partial charge in [0.05, 0.1) is 12.2 Å². The fourth-order valence-corrected chi connectivity index (χ4v) is 4.13. The zero-order valence-electron chi connectivity index (χ0n) is 13.7. The molecule has 116 valence electrons. The summed E-state index contributed by atoms with van der Waals surface area (Å²) in [5, 5.41) is 3.53. The molecule has 1 N–H and O–H groups in total. The Morgan fingerprint density at radius 1 is 1.20 bits per heavy atom. The summed E-state index contributed by atoms with van der Waals surface area (Å²) in [7, 11) is 0. The van der Waals surface area contributed by atoms with Crippen LogP contribution in [0.15, 0.2) is 0 Å². The van der Waals surface area contributed by atoms with Crippen LogP contribution < -0.4 is 5.32 Å². The van der Waals surface area contributed by atoms with Gasteiger partial charge in [0, 0.05) is 6.04 Å². The lowest BCUT2D eigenvalue weighted by Crippen LogP contribution is -2.47. The standard InChI is InChI=1S/C17H32N2O/c1-5-12(3)16-17(20)19(13(4)18-16)15(6-2)14-10-8-7-9-11-14/h12-16,18H,5-11H2,1-4H3. The first-order chi connectivity index (χ1) is 9.60. The van der Waals surface area contributed by atoms with E-state index in [9.17, 15) is 4.79 Å². The van der Waals surface area contributed by atoms with Crippen LogP contribution in [0.3, 0.4) is 0 Å². The second kappa shape index (κ2) is 6.93. The van der Waals surface area contributed by atoms with Crippen LogP contribution in [0.1, 0.15) is 72.6 Å². The molecule has 4 unspecified atom stereocenters. The zero-order valence-corrected chi connectivity index (χ0v) is 13.7. The van der Waals surface area contributed by atoms with E-state index in [2.05, 4.69) is 37.9 Å². The molecule has 4 atom stereocenters. The molecule has 3 nitrogen and oxygen atoms in total. The summed E-state index contributed by atoms with van der Waals surface area (Å²) < 4.78 is 0. The maximum atomic E-state index is 12.8. The first kappa shape index (κ1) is 15.8. The predicted octanol–water partition coefficient (Wildman–Crippen LogP) is 3.54. The van der Waals surface area contributed by atoms with Crippen molar-refractivity contribution in [1.82, 2.24) is 10.2 Å². The quantitative estimate of drug-likeness (QED) is 0.835. The smallest absolute Gasteiger partial charge is 0.241 e. The lowest BCUT2D eigenvalue weighted by Gasteiger charge is -2.38. The highest BCUT2D eigenvalue weighted by atomic mass is 16.2. The molecule has 0 radical (unpaired) electrons. The maximum absolute atomic E-state index is 12.8. The molecule has 3 heteroatoms. The second-order valence-electron chi connectivity index (χ2n) is 6.83. The Bertz CT molecular complexity index is 325. The molecular weight excluding hydrogens is 248 g/mol. The third kappa shape index (κ3) is 3.03. The summed E-state index contributed by atoms with van der Waals surface area (Å²) >= 11 is 0. The van der Waals surface area contributed by atoms with Crippen molar-refractivity contribution in [3.05, 3.63) is 0 Å². The molecule has 0 bridgehead atoms. The van der Waals surface area contributed by atoms with Gasteiger partial charge in [0.1, 0.15) is 0 Å². The van der Waals surface area contributed by atoms with Crippen molar-refractivity contribution >= 4 is 5.91 Å². The van der Waals surface area contributed by atoms with Gasteiger partial charge >= 0.3 is 0 Å². The van der Waals surface area contributed by atoms with Gasteiger partial charge in [-0.2, -0.15) is 0 Å². The van der Waals surface area contributed by atoms with Gasteiger partial charge in [0.15, 0.2) is 0 Å². The zero-order chi connectivity index (χ0) is 14.7. The number of amides is 1. The maximum Gasteiger partial charge on any atom is 0.241 e. The minimum Gasteiger partial charge on any atom is -0.323 e. The molecule has 0 aromatic carbocycles. The van der Waals surface area contributed by atoms with E-state index >= 15 is 0 Å². The molecule has 2 rings (SSSR count). The molecule has 20 heavy (non-hydrogen) atoms. The molecule has 1 amide bonds. The van der Waals surface area contributed by atoms with E-state index in [0.29, 0.717) is 17.9 Å². The number of hydrogen-bond acceptors (Lipinski definition) is 2. The predicted molar refractivity (Wildman–Crippen MR) is 83.3 cm³/mol. The van der Waals surface area contributed by atoms with Crippen LogP contribution in [0.2, 0.25) is 0 Å². The van der Waals surface area contributed by atoms with Crippen molar-refractivity contribution in [2.45, 2.75) is 90.9 Å². The highest BCUT2D eigenvalue weighted by molar-refractivity contribution is 5.85. The van der Waals surface area contributed by atoms with Gasteiger partial charge in [-0.25, -0.2) is 0 Å². The van der Waals surface area contributed by atoms with E-state index in [4.69, 9.17) is 0 Å². The van der Waals surface area contributed by atoms with Gasteiger partial charge in [-0.05, 0) is 38.0 Å². The first-order valence-corrected chi connectivity index (χ1v) is 8.68. The first-order valence-electron chi connectivity index (χ1n) is 8.68. The van der Waals surface area contributed by atoms with Crippen molar-refractivity contribution in [3.8, 4) is 0 Å². The summed E-state index contributed by atoms with van der Waals surface area (Å²) in [6.45, 7) is 8.76. The van der Waals surface area contributed by atoms with Gasteiger partial charge in [0.2, 0.25) is 5.91 Å². The molecule has 2 aliphatic rings. The summed E-state index contributed by atoms with van der Waals surface area (Å²) in [6.07, 6.45) is 9.05. The molecule has 0 aromatic rings. The average molecular weight is 280 g/mol. The highest BCUT2D eigenvalue weighted by Crippen LogP contribution is 2.33. The van der Waals surface area contributed by atoms with Crippen molar-refractivity contribution in [3.63, 3.8) is 0 Å². The fourth-order valence-electron chi connectivity index (χ4n) is 4.13. The third-order valence-corrected chi connectivity index (χ3v) is 5.54. The normalized spacial score (nSPS) is 31.6. The molecular formula is C17H32N2O. The molecule has 1 heterocycles.